The van der Waals surface area contributed by atoms with Crippen molar-refractivity contribution in [2.24, 2.45) is 17.8 Å². The topological polar surface area (TPSA) is 6.48 Å². The van der Waals surface area contributed by atoms with Crippen molar-refractivity contribution < 1.29 is 0 Å². The van der Waals surface area contributed by atoms with Crippen molar-refractivity contribution in [3.8, 4) is 0 Å². The van der Waals surface area contributed by atoms with Gasteiger partial charge < -0.3 is 9.80 Å². The highest BCUT2D eigenvalue weighted by Gasteiger charge is 2.27. The monoisotopic (exact) mass is 294 g/mol. The third-order valence-electron chi connectivity index (χ3n) is 6.30. The molecule has 0 aromatic heterocycles. The van der Waals surface area contributed by atoms with E-state index < -0.39 is 0 Å². The maximum atomic E-state index is 2.75. The molecule has 1 saturated heterocycles. The molecule has 124 valence electrons. The Hall–Kier alpha value is -0.0800. The first kappa shape index (κ1) is 17.3. The molecule has 21 heavy (non-hydrogen) atoms. The molecule has 2 fully saturated rings. The van der Waals surface area contributed by atoms with Gasteiger partial charge in [-0.05, 0) is 90.3 Å². The third-order valence-corrected chi connectivity index (χ3v) is 6.30. The van der Waals surface area contributed by atoms with E-state index in [0.717, 1.165) is 23.8 Å². The van der Waals surface area contributed by atoms with E-state index in [2.05, 4.69) is 44.5 Å². The van der Waals surface area contributed by atoms with Crippen LogP contribution in [0.1, 0.15) is 66.2 Å². The van der Waals surface area contributed by atoms with Crippen molar-refractivity contribution in [2.75, 3.05) is 26.7 Å². The molecule has 2 heteroatoms. The molecule has 0 bridgehead atoms. The molecular formula is C19H38N2. The van der Waals surface area contributed by atoms with E-state index in [1.165, 1.54) is 58.2 Å². The van der Waals surface area contributed by atoms with Gasteiger partial charge in [0, 0.05) is 18.6 Å². The highest BCUT2D eigenvalue weighted by molar-refractivity contribution is 4.82. The first-order valence-electron chi connectivity index (χ1n) is 9.41. The fourth-order valence-corrected chi connectivity index (χ4v) is 4.33. The highest BCUT2D eigenvalue weighted by atomic mass is 15.2. The lowest BCUT2D eigenvalue weighted by Gasteiger charge is -2.40. The molecule has 0 unspecified atom stereocenters. The zero-order valence-electron chi connectivity index (χ0n) is 15.1. The SMILES string of the molecule is CC(C)C1CCC(CN2CCC(N(C)C(C)C)CC2)CC1. The molecule has 1 aliphatic carbocycles. The molecule has 2 nitrogen and oxygen atoms in total. The van der Waals surface area contributed by atoms with Crippen molar-refractivity contribution in [3.63, 3.8) is 0 Å². The van der Waals surface area contributed by atoms with Crippen LogP contribution in [-0.4, -0.2) is 48.6 Å². The maximum Gasteiger partial charge on any atom is 0.0119 e. The van der Waals surface area contributed by atoms with Gasteiger partial charge in [-0.25, -0.2) is 0 Å². The molecule has 0 aromatic carbocycles. The Morgan fingerprint density at radius 2 is 1.48 bits per heavy atom. The van der Waals surface area contributed by atoms with Crippen LogP contribution >= 0.6 is 0 Å². The molecular weight excluding hydrogens is 256 g/mol. The minimum absolute atomic E-state index is 0.688. The first-order chi connectivity index (χ1) is 9.97. The summed E-state index contributed by atoms with van der Waals surface area (Å²) in [6.07, 6.45) is 8.67. The van der Waals surface area contributed by atoms with E-state index in [0.29, 0.717) is 6.04 Å². The summed E-state index contributed by atoms with van der Waals surface area (Å²) in [5.41, 5.74) is 0. The van der Waals surface area contributed by atoms with Crippen molar-refractivity contribution in [2.45, 2.75) is 78.3 Å². The number of rotatable bonds is 5. The second-order valence-electron chi connectivity index (χ2n) is 8.32. The molecule has 0 spiro atoms. The summed E-state index contributed by atoms with van der Waals surface area (Å²) in [6, 6.07) is 1.51. The largest absolute Gasteiger partial charge is 0.303 e. The zero-order valence-corrected chi connectivity index (χ0v) is 15.1. The molecule has 1 saturated carbocycles. The Labute approximate surface area is 133 Å². The second-order valence-corrected chi connectivity index (χ2v) is 8.32. The van der Waals surface area contributed by atoms with Gasteiger partial charge in [0.1, 0.15) is 0 Å². The average Bonchev–Trinajstić information content (AvgIpc) is 2.47. The standard InChI is InChI=1S/C19H38N2/c1-15(2)18-8-6-17(7-9-18)14-21-12-10-19(11-13-21)20(5)16(3)4/h15-19H,6-14H2,1-5H3. The van der Waals surface area contributed by atoms with Crippen LogP contribution in [0.15, 0.2) is 0 Å². The van der Waals surface area contributed by atoms with Gasteiger partial charge in [-0.1, -0.05) is 13.8 Å². The molecule has 2 rings (SSSR count). The Kier molecular flexibility index (Phi) is 6.55. The molecule has 1 heterocycles. The van der Waals surface area contributed by atoms with Crippen molar-refractivity contribution >= 4 is 0 Å². The van der Waals surface area contributed by atoms with Crippen molar-refractivity contribution in [1.82, 2.24) is 9.80 Å². The lowest BCUT2D eigenvalue weighted by atomic mass is 9.77. The van der Waals surface area contributed by atoms with E-state index in [1.54, 1.807) is 0 Å². The Bertz CT molecular complexity index is 284. The predicted molar refractivity (Wildman–Crippen MR) is 92.6 cm³/mol. The minimum atomic E-state index is 0.688. The quantitative estimate of drug-likeness (QED) is 0.748. The van der Waals surface area contributed by atoms with Gasteiger partial charge in [0.05, 0.1) is 0 Å². The summed E-state index contributed by atoms with van der Waals surface area (Å²) in [4.78, 5) is 5.33. The highest BCUT2D eigenvalue weighted by Crippen LogP contribution is 2.34. The third kappa shape index (κ3) is 4.96. The maximum absolute atomic E-state index is 2.75. The van der Waals surface area contributed by atoms with Gasteiger partial charge in [0.15, 0.2) is 0 Å². The number of hydrogen-bond acceptors (Lipinski definition) is 2. The van der Waals surface area contributed by atoms with Gasteiger partial charge in [0.25, 0.3) is 0 Å². The molecule has 0 atom stereocenters. The zero-order chi connectivity index (χ0) is 15.4. The lowest BCUT2D eigenvalue weighted by molar-refractivity contribution is 0.0877. The van der Waals surface area contributed by atoms with Crippen LogP contribution in [0.5, 0.6) is 0 Å². The first-order valence-corrected chi connectivity index (χ1v) is 9.41. The minimum Gasteiger partial charge on any atom is -0.303 e. The molecule has 0 radical (unpaired) electrons. The normalized spacial score (nSPS) is 29.7. The Morgan fingerprint density at radius 3 is 1.95 bits per heavy atom. The van der Waals surface area contributed by atoms with E-state index in [1.807, 2.05) is 0 Å². The summed E-state index contributed by atoms with van der Waals surface area (Å²) in [5, 5.41) is 0. The Morgan fingerprint density at radius 1 is 0.905 bits per heavy atom. The fourth-order valence-electron chi connectivity index (χ4n) is 4.33. The lowest BCUT2D eigenvalue weighted by Crippen LogP contribution is -2.46. The van der Waals surface area contributed by atoms with Gasteiger partial charge in [0.2, 0.25) is 0 Å². The summed E-state index contributed by atoms with van der Waals surface area (Å²) >= 11 is 0. The van der Waals surface area contributed by atoms with Gasteiger partial charge in [-0.2, -0.15) is 0 Å². The van der Waals surface area contributed by atoms with Crippen LogP contribution in [0.4, 0.5) is 0 Å². The summed E-state index contributed by atoms with van der Waals surface area (Å²) in [6.45, 7) is 13.5. The second kappa shape index (κ2) is 7.97. The van der Waals surface area contributed by atoms with Crippen LogP contribution in [-0.2, 0) is 0 Å². The van der Waals surface area contributed by atoms with Crippen LogP contribution < -0.4 is 0 Å². The van der Waals surface area contributed by atoms with Crippen LogP contribution in [0.3, 0.4) is 0 Å². The van der Waals surface area contributed by atoms with Crippen molar-refractivity contribution in [3.05, 3.63) is 0 Å². The van der Waals surface area contributed by atoms with E-state index in [4.69, 9.17) is 0 Å². The summed E-state index contributed by atoms with van der Waals surface area (Å²) in [7, 11) is 2.30. The van der Waals surface area contributed by atoms with Crippen LogP contribution in [0.25, 0.3) is 0 Å². The molecule has 0 aromatic rings. The van der Waals surface area contributed by atoms with Gasteiger partial charge in [-0.15, -0.1) is 0 Å². The van der Waals surface area contributed by atoms with E-state index >= 15 is 0 Å². The van der Waals surface area contributed by atoms with Gasteiger partial charge >= 0.3 is 0 Å². The molecule has 0 N–H and O–H groups in total. The van der Waals surface area contributed by atoms with E-state index in [9.17, 15) is 0 Å². The summed E-state index contributed by atoms with van der Waals surface area (Å²) in [5.74, 6) is 2.89. The predicted octanol–water partition coefficient (Wildman–Crippen LogP) is 4.25. The molecule has 0 amide bonds. The molecule has 2 aliphatic rings. The molecule has 1 aliphatic heterocycles. The summed E-state index contributed by atoms with van der Waals surface area (Å²) < 4.78 is 0. The smallest absolute Gasteiger partial charge is 0.0119 e. The van der Waals surface area contributed by atoms with Gasteiger partial charge in [-0.3, -0.25) is 0 Å². The number of hydrogen-bond donors (Lipinski definition) is 0. The number of likely N-dealkylation sites (tertiary alicyclic amines) is 1. The average molecular weight is 295 g/mol. The van der Waals surface area contributed by atoms with Crippen LogP contribution in [0, 0.1) is 17.8 Å². The fraction of sp³-hybridized carbons (Fsp3) is 1.00. The van der Waals surface area contributed by atoms with E-state index in [-0.39, 0.29) is 0 Å². The number of nitrogens with zero attached hydrogens (tertiary/aromatic N) is 2. The number of piperidine rings is 1. The van der Waals surface area contributed by atoms with Crippen molar-refractivity contribution in [1.29, 1.82) is 0 Å². The van der Waals surface area contributed by atoms with Crippen LogP contribution in [0.2, 0.25) is 0 Å². The Balaban J connectivity index is 1.68.